The number of halogens is 1. The van der Waals surface area contributed by atoms with Gasteiger partial charge in [0.1, 0.15) is 5.75 Å². The van der Waals surface area contributed by atoms with Crippen LogP contribution in [0.2, 0.25) is 0 Å². The molecule has 4 aromatic rings. The molecule has 34 heavy (non-hydrogen) atoms. The molecule has 0 radical (unpaired) electrons. The Balaban J connectivity index is 1.38. The quantitative estimate of drug-likeness (QED) is 0.300. The lowest BCUT2D eigenvalue weighted by Crippen LogP contribution is -2.20. The van der Waals surface area contributed by atoms with Crippen molar-refractivity contribution in [3.05, 3.63) is 94.5 Å². The van der Waals surface area contributed by atoms with Gasteiger partial charge < -0.3 is 10.1 Å². The predicted molar refractivity (Wildman–Crippen MR) is 139 cm³/mol. The van der Waals surface area contributed by atoms with Crippen LogP contribution in [0.3, 0.4) is 0 Å². The van der Waals surface area contributed by atoms with Crippen LogP contribution in [-0.2, 0) is 14.8 Å². The molecule has 0 fully saturated rings. The van der Waals surface area contributed by atoms with Crippen LogP contribution < -0.4 is 14.8 Å². The normalized spacial score (nSPS) is 11.3. The zero-order chi connectivity index (χ0) is 24.3. The average molecular weight is 539 g/mol. The number of benzene rings is 4. The van der Waals surface area contributed by atoms with Crippen LogP contribution >= 0.6 is 15.9 Å². The monoisotopic (exact) mass is 538 g/mol. The number of rotatable bonds is 7. The number of hydrogen-bond donors (Lipinski definition) is 2. The van der Waals surface area contributed by atoms with Crippen LogP contribution in [0.1, 0.15) is 11.1 Å². The van der Waals surface area contributed by atoms with Crippen molar-refractivity contribution in [3.8, 4) is 5.75 Å². The number of carbonyl (C=O) groups excluding carboxylic acids is 1. The van der Waals surface area contributed by atoms with Crippen molar-refractivity contribution >= 4 is 54.0 Å². The number of aryl methyl sites for hydroxylation is 2. The van der Waals surface area contributed by atoms with E-state index in [0.717, 1.165) is 26.4 Å². The van der Waals surface area contributed by atoms with Gasteiger partial charge in [-0.25, -0.2) is 8.42 Å². The summed E-state index contributed by atoms with van der Waals surface area (Å²) in [6, 6.07) is 22.9. The van der Waals surface area contributed by atoms with E-state index in [0.29, 0.717) is 17.1 Å². The highest BCUT2D eigenvalue weighted by Gasteiger charge is 2.15. The number of nitrogens with one attached hydrogen (secondary N) is 2. The molecule has 0 heterocycles. The Bertz CT molecular complexity index is 1470. The molecule has 0 aliphatic carbocycles. The summed E-state index contributed by atoms with van der Waals surface area (Å²) in [6.07, 6.45) is 0. The van der Waals surface area contributed by atoms with Gasteiger partial charge in [0.25, 0.3) is 15.9 Å². The van der Waals surface area contributed by atoms with Crippen molar-refractivity contribution < 1.29 is 17.9 Å². The van der Waals surface area contributed by atoms with E-state index in [1.54, 1.807) is 24.3 Å². The number of hydrogen-bond acceptors (Lipinski definition) is 4. The second kappa shape index (κ2) is 9.87. The molecule has 0 aromatic heterocycles. The lowest BCUT2D eigenvalue weighted by molar-refractivity contribution is -0.118. The average Bonchev–Trinajstić information content (AvgIpc) is 2.81. The molecule has 4 rings (SSSR count). The van der Waals surface area contributed by atoms with Crippen LogP contribution in [0.5, 0.6) is 5.75 Å². The maximum atomic E-state index is 12.7. The zero-order valence-corrected chi connectivity index (χ0v) is 21.0. The highest BCUT2D eigenvalue weighted by Crippen LogP contribution is 2.33. The summed E-state index contributed by atoms with van der Waals surface area (Å²) in [5.74, 6) is 0.205. The van der Waals surface area contributed by atoms with E-state index in [4.69, 9.17) is 4.74 Å². The van der Waals surface area contributed by atoms with Gasteiger partial charge in [0.05, 0.1) is 9.37 Å². The second-order valence-electron chi connectivity index (χ2n) is 7.86. The van der Waals surface area contributed by atoms with Crippen molar-refractivity contribution in [2.24, 2.45) is 0 Å². The molecular weight excluding hydrogens is 516 g/mol. The molecule has 4 aromatic carbocycles. The fraction of sp³-hybridized carbons (Fsp3) is 0.115. The summed E-state index contributed by atoms with van der Waals surface area (Å²) >= 11 is 3.54. The first-order valence-corrected chi connectivity index (χ1v) is 12.8. The minimum atomic E-state index is -3.75. The number of carbonyl (C=O) groups is 1. The molecule has 6 nitrogen and oxygen atoms in total. The summed E-state index contributed by atoms with van der Waals surface area (Å²) in [5.41, 5.74) is 3.05. The Hall–Kier alpha value is -3.36. The highest BCUT2D eigenvalue weighted by molar-refractivity contribution is 9.10. The Morgan fingerprint density at radius 1 is 0.882 bits per heavy atom. The van der Waals surface area contributed by atoms with Gasteiger partial charge in [0, 0.05) is 11.4 Å². The molecule has 0 atom stereocenters. The molecule has 0 saturated heterocycles. The molecule has 0 unspecified atom stereocenters. The summed E-state index contributed by atoms with van der Waals surface area (Å²) in [7, 11) is -3.75. The van der Waals surface area contributed by atoms with Gasteiger partial charge >= 0.3 is 0 Å². The minimum absolute atomic E-state index is 0.0973. The largest absolute Gasteiger partial charge is 0.483 e. The van der Waals surface area contributed by atoms with Crippen molar-refractivity contribution in [1.82, 2.24) is 0 Å². The Morgan fingerprint density at radius 2 is 1.59 bits per heavy atom. The molecule has 8 heteroatoms. The number of ether oxygens (including phenoxy) is 1. The molecule has 1 amide bonds. The van der Waals surface area contributed by atoms with Crippen LogP contribution in [0.25, 0.3) is 10.8 Å². The molecule has 0 bridgehead atoms. The molecule has 174 valence electrons. The minimum Gasteiger partial charge on any atom is -0.483 e. The van der Waals surface area contributed by atoms with Crippen molar-refractivity contribution in [1.29, 1.82) is 0 Å². The van der Waals surface area contributed by atoms with E-state index in [2.05, 4.69) is 26.0 Å². The van der Waals surface area contributed by atoms with E-state index >= 15 is 0 Å². The van der Waals surface area contributed by atoms with Crippen LogP contribution in [0, 0.1) is 13.8 Å². The smallest absolute Gasteiger partial charge is 0.262 e. The lowest BCUT2D eigenvalue weighted by Gasteiger charge is -2.12. The maximum Gasteiger partial charge on any atom is 0.262 e. The molecular formula is C26H23BrN2O4S. The standard InChI is InChI=1S/C26H23BrN2O4S/c1-17-7-9-21(15-18(17)2)29-34(31,32)22-12-10-20(11-13-22)28-25(30)16-33-24-14-8-19-5-3-4-6-23(19)26(24)27/h3-15,29H,16H2,1-2H3,(H,28,30). The first kappa shape index (κ1) is 23.8. The van der Waals surface area contributed by atoms with Crippen LogP contribution in [-0.4, -0.2) is 20.9 Å². The molecule has 2 N–H and O–H groups in total. The van der Waals surface area contributed by atoms with Gasteiger partial charge in [0.15, 0.2) is 6.61 Å². The third-order valence-electron chi connectivity index (χ3n) is 5.39. The summed E-state index contributed by atoms with van der Waals surface area (Å²) < 4.78 is 34.4. The summed E-state index contributed by atoms with van der Waals surface area (Å²) in [5, 5.41) is 4.77. The van der Waals surface area contributed by atoms with Gasteiger partial charge in [-0.3, -0.25) is 9.52 Å². The van der Waals surface area contributed by atoms with Gasteiger partial charge in [-0.1, -0.05) is 36.4 Å². The molecule has 0 aliphatic rings. The highest BCUT2D eigenvalue weighted by atomic mass is 79.9. The van der Waals surface area contributed by atoms with Gasteiger partial charge in [-0.2, -0.15) is 0 Å². The Labute approximate surface area is 207 Å². The van der Waals surface area contributed by atoms with E-state index in [9.17, 15) is 13.2 Å². The molecule has 0 aliphatic heterocycles. The van der Waals surface area contributed by atoms with Gasteiger partial charge in [0.2, 0.25) is 0 Å². The number of fused-ring (bicyclic) bond motifs is 1. The van der Waals surface area contributed by atoms with E-state index < -0.39 is 10.0 Å². The Morgan fingerprint density at radius 3 is 2.32 bits per heavy atom. The fourth-order valence-electron chi connectivity index (χ4n) is 3.40. The van der Waals surface area contributed by atoms with Gasteiger partial charge in [-0.05, 0) is 94.1 Å². The third kappa shape index (κ3) is 5.40. The van der Waals surface area contributed by atoms with Crippen molar-refractivity contribution in [2.45, 2.75) is 18.7 Å². The van der Waals surface area contributed by atoms with E-state index in [1.165, 1.54) is 12.1 Å². The topological polar surface area (TPSA) is 84.5 Å². The van der Waals surface area contributed by atoms with Crippen LogP contribution in [0.4, 0.5) is 11.4 Å². The maximum absolute atomic E-state index is 12.7. The SMILES string of the molecule is Cc1ccc(NS(=O)(=O)c2ccc(NC(=O)COc3ccc4ccccc4c3Br)cc2)cc1C. The summed E-state index contributed by atoms with van der Waals surface area (Å²) in [4.78, 5) is 12.5. The van der Waals surface area contributed by atoms with E-state index in [1.807, 2.05) is 56.3 Å². The number of anilines is 2. The molecule has 0 spiro atoms. The second-order valence-corrected chi connectivity index (χ2v) is 10.3. The number of amides is 1. The summed E-state index contributed by atoms with van der Waals surface area (Å²) in [6.45, 7) is 3.70. The van der Waals surface area contributed by atoms with E-state index in [-0.39, 0.29) is 17.4 Å². The first-order valence-electron chi connectivity index (χ1n) is 10.5. The predicted octanol–water partition coefficient (Wildman–Crippen LogP) is 6.04. The third-order valence-corrected chi connectivity index (χ3v) is 7.61. The first-order chi connectivity index (χ1) is 16.2. The molecule has 0 saturated carbocycles. The Kier molecular flexibility index (Phi) is 6.90. The fourth-order valence-corrected chi connectivity index (χ4v) is 5.06. The van der Waals surface area contributed by atoms with Gasteiger partial charge in [-0.15, -0.1) is 0 Å². The van der Waals surface area contributed by atoms with Crippen molar-refractivity contribution in [3.63, 3.8) is 0 Å². The number of sulfonamides is 1. The van der Waals surface area contributed by atoms with Crippen LogP contribution in [0.15, 0.2) is 88.2 Å². The zero-order valence-electron chi connectivity index (χ0n) is 18.6. The lowest BCUT2D eigenvalue weighted by atomic mass is 10.1. The van der Waals surface area contributed by atoms with Crippen molar-refractivity contribution in [2.75, 3.05) is 16.6 Å².